The normalized spacial score (nSPS) is 24.2. The summed E-state index contributed by atoms with van der Waals surface area (Å²) in [5, 5.41) is 0.758. The van der Waals surface area contributed by atoms with E-state index >= 15 is 0 Å². The molecule has 4 heteroatoms. The van der Waals surface area contributed by atoms with E-state index in [0.29, 0.717) is 18.4 Å². The second kappa shape index (κ2) is 6.40. The summed E-state index contributed by atoms with van der Waals surface area (Å²) in [4.78, 5) is 13.3. The van der Waals surface area contributed by atoms with Crippen LogP contribution < -0.4 is 0 Å². The average Bonchev–Trinajstić information content (AvgIpc) is 2.38. The van der Waals surface area contributed by atoms with Gasteiger partial charge in [0.2, 0.25) is 0 Å². The number of rotatable bonds is 3. The van der Waals surface area contributed by atoms with Gasteiger partial charge in [-0.05, 0) is 43.6 Å². The molecule has 0 aromatic heterocycles. The molecule has 1 saturated heterocycles. The van der Waals surface area contributed by atoms with Gasteiger partial charge in [0.25, 0.3) is 0 Å². The molecule has 1 aliphatic heterocycles. The fourth-order valence-corrected chi connectivity index (χ4v) is 2.88. The van der Waals surface area contributed by atoms with Crippen molar-refractivity contribution in [1.82, 2.24) is 4.90 Å². The molecule has 1 aromatic carbocycles. The van der Waals surface area contributed by atoms with Crippen LogP contribution in [0.5, 0.6) is 0 Å². The highest BCUT2D eigenvalue weighted by Gasteiger charge is 2.29. The maximum Gasteiger partial charge on any atom is 0.302 e. The second-order valence-corrected chi connectivity index (χ2v) is 5.71. The Kier molecular flexibility index (Phi) is 4.83. The molecule has 104 valence electrons. The Morgan fingerprint density at radius 1 is 1.42 bits per heavy atom. The molecule has 2 rings (SSSR count). The third kappa shape index (κ3) is 3.95. The number of hydrogen-bond acceptors (Lipinski definition) is 3. The zero-order chi connectivity index (χ0) is 13.8. The number of carbonyl (C=O) groups excluding carboxylic acids is 1. The second-order valence-electron chi connectivity index (χ2n) is 5.27. The van der Waals surface area contributed by atoms with Gasteiger partial charge < -0.3 is 9.64 Å². The van der Waals surface area contributed by atoms with Gasteiger partial charge in [0.1, 0.15) is 0 Å². The van der Waals surface area contributed by atoms with Crippen LogP contribution in [-0.2, 0) is 9.53 Å². The van der Waals surface area contributed by atoms with E-state index in [9.17, 15) is 4.79 Å². The summed E-state index contributed by atoms with van der Waals surface area (Å²) in [6.45, 7) is 3.99. The van der Waals surface area contributed by atoms with Crippen molar-refractivity contribution in [2.45, 2.75) is 19.3 Å². The molecule has 0 spiro atoms. The van der Waals surface area contributed by atoms with Gasteiger partial charge in [0.15, 0.2) is 0 Å². The van der Waals surface area contributed by atoms with Crippen LogP contribution in [0.4, 0.5) is 0 Å². The Bertz CT molecular complexity index is 432. The van der Waals surface area contributed by atoms with Gasteiger partial charge >= 0.3 is 5.97 Å². The van der Waals surface area contributed by atoms with Crippen LogP contribution in [0.2, 0.25) is 5.02 Å². The number of carbonyl (C=O) groups is 1. The number of benzene rings is 1. The molecular formula is C15H20ClNO2. The maximum absolute atomic E-state index is 11.0. The first kappa shape index (κ1) is 14.4. The third-order valence-corrected chi connectivity index (χ3v) is 3.99. The summed E-state index contributed by atoms with van der Waals surface area (Å²) in [6.07, 6.45) is 1.09. The highest BCUT2D eigenvalue weighted by molar-refractivity contribution is 6.30. The Morgan fingerprint density at radius 3 is 2.74 bits per heavy atom. The van der Waals surface area contributed by atoms with E-state index in [-0.39, 0.29) is 5.97 Å². The van der Waals surface area contributed by atoms with Crippen molar-refractivity contribution in [2.75, 3.05) is 26.7 Å². The van der Waals surface area contributed by atoms with Crippen LogP contribution in [0.3, 0.4) is 0 Å². The molecule has 1 fully saturated rings. The molecule has 0 radical (unpaired) electrons. The highest BCUT2D eigenvalue weighted by Crippen LogP contribution is 2.33. The Balaban J connectivity index is 2.10. The lowest BCUT2D eigenvalue weighted by Crippen LogP contribution is -2.39. The van der Waals surface area contributed by atoms with E-state index in [1.54, 1.807) is 0 Å². The lowest BCUT2D eigenvalue weighted by molar-refractivity contribution is -0.143. The number of nitrogens with zero attached hydrogens (tertiary/aromatic N) is 1. The smallest absolute Gasteiger partial charge is 0.302 e. The van der Waals surface area contributed by atoms with Crippen LogP contribution in [0.15, 0.2) is 24.3 Å². The Labute approximate surface area is 119 Å². The monoisotopic (exact) mass is 281 g/mol. The number of piperidine rings is 1. The highest BCUT2D eigenvalue weighted by atomic mass is 35.5. The number of esters is 1. The number of ether oxygens (including phenoxy) is 1. The molecule has 1 aromatic rings. The summed E-state index contributed by atoms with van der Waals surface area (Å²) >= 11 is 5.94. The SMILES string of the molecule is CC(=O)OC[C@@H]1CN(C)CC[C@H]1c1ccc(Cl)cc1. The summed E-state index contributed by atoms with van der Waals surface area (Å²) in [7, 11) is 2.11. The van der Waals surface area contributed by atoms with Gasteiger partial charge in [-0.2, -0.15) is 0 Å². The van der Waals surface area contributed by atoms with E-state index in [1.165, 1.54) is 12.5 Å². The molecule has 0 saturated carbocycles. The van der Waals surface area contributed by atoms with Crippen LogP contribution in [0, 0.1) is 5.92 Å². The van der Waals surface area contributed by atoms with Crippen LogP contribution >= 0.6 is 11.6 Å². The predicted molar refractivity (Wildman–Crippen MR) is 76.4 cm³/mol. The first-order valence-electron chi connectivity index (χ1n) is 6.63. The molecule has 0 bridgehead atoms. The topological polar surface area (TPSA) is 29.5 Å². The largest absolute Gasteiger partial charge is 0.466 e. The molecule has 0 amide bonds. The van der Waals surface area contributed by atoms with Crippen molar-refractivity contribution in [1.29, 1.82) is 0 Å². The quantitative estimate of drug-likeness (QED) is 0.798. The first-order valence-corrected chi connectivity index (χ1v) is 7.01. The predicted octanol–water partition coefficient (Wildman–Crippen LogP) is 2.94. The van der Waals surface area contributed by atoms with Gasteiger partial charge in [0.05, 0.1) is 6.61 Å². The first-order chi connectivity index (χ1) is 9.06. The van der Waals surface area contributed by atoms with E-state index in [1.807, 2.05) is 12.1 Å². The van der Waals surface area contributed by atoms with Crippen molar-refractivity contribution in [2.24, 2.45) is 5.92 Å². The molecule has 1 aliphatic rings. The van der Waals surface area contributed by atoms with E-state index in [4.69, 9.17) is 16.3 Å². The lowest BCUT2D eigenvalue weighted by Gasteiger charge is -2.36. The van der Waals surface area contributed by atoms with Crippen molar-refractivity contribution in [3.8, 4) is 0 Å². The van der Waals surface area contributed by atoms with Gasteiger partial charge in [-0.15, -0.1) is 0 Å². The van der Waals surface area contributed by atoms with Crippen molar-refractivity contribution in [3.05, 3.63) is 34.9 Å². The molecule has 2 atom stereocenters. The molecule has 0 unspecified atom stereocenters. The summed E-state index contributed by atoms with van der Waals surface area (Å²) in [5.41, 5.74) is 1.29. The summed E-state index contributed by atoms with van der Waals surface area (Å²) in [6, 6.07) is 8.02. The van der Waals surface area contributed by atoms with E-state index in [0.717, 1.165) is 24.5 Å². The van der Waals surface area contributed by atoms with Crippen LogP contribution in [0.25, 0.3) is 0 Å². The summed E-state index contributed by atoms with van der Waals surface area (Å²) < 4.78 is 5.21. The molecule has 0 N–H and O–H groups in total. The fraction of sp³-hybridized carbons (Fsp3) is 0.533. The van der Waals surface area contributed by atoms with E-state index in [2.05, 4.69) is 24.1 Å². The minimum atomic E-state index is -0.205. The van der Waals surface area contributed by atoms with Crippen LogP contribution in [-0.4, -0.2) is 37.6 Å². The lowest BCUT2D eigenvalue weighted by atomic mass is 9.81. The number of halogens is 1. The zero-order valence-corrected chi connectivity index (χ0v) is 12.2. The van der Waals surface area contributed by atoms with Gasteiger partial charge in [0, 0.05) is 24.4 Å². The Hall–Kier alpha value is -1.06. The van der Waals surface area contributed by atoms with Gasteiger partial charge in [-0.3, -0.25) is 4.79 Å². The molecular weight excluding hydrogens is 262 g/mol. The minimum Gasteiger partial charge on any atom is -0.466 e. The van der Waals surface area contributed by atoms with Crippen molar-refractivity contribution in [3.63, 3.8) is 0 Å². The standard InChI is InChI=1S/C15H20ClNO2/c1-11(18)19-10-13-9-17(2)8-7-15(13)12-3-5-14(16)6-4-12/h3-6,13,15H,7-10H2,1-2H3/t13-,15-/m0/s1. The maximum atomic E-state index is 11.0. The number of likely N-dealkylation sites (tertiary alicyclic amines) is 1. The van der Waals surface area contributed by atoms with Crippen molar-refractivity contribution < 1.29 is 9.53 Å². The number of hydrogen-bond donors (Lipinski definition) is 0. The van der Waals surface area contributed by atoms with Gasteiger partial charge in [-0.25, -0.2) is 0 Å². The Morgan fingerprint density at radius 2 is 2.11 bits per heavy atom. The van der Waals surface area contributed by atoms with Gasteiger partial charge in [-0.1, -0.05) is 23.7 Å². The molecule has 1 heterocycles. The van der Waals surface area contributed by atoms with Crippen molar-refractivity contribution >= 4 is 17.6 Å². The van der Waals surface area contributed by atoms with Crippen LogP contribution in [0.1, 0.15) is 24.8 Å². The zero-order valence-electron chi connectivity index (χ0n) is 11.4. The average molecular weight is 282 g/mol. The molecule has 19 heavy (non-hydrogen) atoms. The summed E-state index contributed by atoms with van der Waals surface area (Å²) in [5.74, 6) is 0.583. The third-order valence-electron chi connectivity index (χ3n) is 3.74. The molecule has 0 aliphatic carbocycles. The van der Waals surface area contributed by atoms with E-state index < -0.39 is 0 Å². The fourth-order valence-electron chi connectivity index (χ4n) is 2.76. The molecule has 3 nitrogen and oxygen atoms in total. The minimum absolute atomic E-state index is 0.205.